The predicted molar refractivity (Wildman–Crippen MR) is 76.0 cm³/mol. The van der Waals surface area contributed by atoms with Crippen LogP contribution in [0.15, 0.2) is 23.6 Å². The number of aryl methyl sites for hydroxylation is 2. The minimum Gasteiger partial charge on any atom is -0.207 e. The largest absolute Gasteiger partial charge is 0.207 e. The Kier molecular flexibility index (Phi) is 3.91. The first kappa shape index (κ1) is 13.1. The predicted octanol–water partition coefficient (Wildman–Crippen LogP) is 5.64. The highest BCUT2D eigenvalue weighted by Gasteiger charge is 2.19. The lowest BCUT2D eigenvalue weighted by atomic mass is 9.99. The van der Waals surface area contributed by atoms with Gasteiger partial charge < -0.3 is 0 Å². The molecule has 0 spiro atoms. The van der Waals surface area contributed by atoms with Crippen molar-refractivity contribution in [2.75, 3.05) is 0 Å². The van der Waals surface area contributed by atoms with E-state index in [0.29, 0.717) is 0 Å². The maximum atomic E-state index is 13.3. The van der Waals surface area contributed by atoms with E-state index in [1.54, 1.807) is 23.5 Å². The van der Waals surface area contributed by atoms with Crippen molar-refractivity contribution in [3.05, 3.63) is 56.0 Å². The van der Waals surface area contributed by atoms with Crippen LogP contribution in [-0.2, 0) is 0 Å². The zero-order valence-corrected chi connectivity index (χ0v) is 12.6. The Balaban J connectivity index is 2.51. The molecule has 0 N–H and O–H groups in total. The number of halogens is 3. The molecule has 90 valence electrons. The van der Waals surface area contributed by atoms with Gasteiger partial charge in [0.2, 0.25) is 0 Å². The van der Waals surface area contributed by atoms with Crippen molar-refractivity contribution in [3.8, 4) is 0 Å². The van der Waals surface area contributed by atoms with Crippen molar-refractivity contribution in [2.45, 2.75) is 18.7 Å². The molecule has 0 aliphatic carbocycles. The van der Waals surface area contributed by atoms with E-state index in [4.69, 9.17) is 11.6 Å². The third-order valence-electron chi connectivity index (χ3n) is 2.69. The summed E-state index contributed by atoms with van der Waals surface area (Å²) in [4.78, 5) is 1.08. The second kappa shape index (κ2) is 5.09. The van der Waals surface area contributed by atoms with E-state index in [1.165, 1.54) is 0 Å². The van der Waals surface area contributed by atoms with Crippen LogP contribution in [0.25, 0.3) is 0 Å². The number of thiophene rings is 1. The van der Waals surface area contributed by atoms with Crippen LogP contribution in [0.1, 0.15) is 26.4 Å². The van der Waals surface area contributed by atoms with Crippen LogP contribution in [-0.4, -0.2) is 0 Å². The third kappa shape index (κ3) is 2.56. The SMILES string of the molecule is Cc1cc(F)cc(C)c1C(Br)c1sccc1Cl. The standard InChI is InChI=1S/C13H11BrClFS/c1-7-5-9(16)6-8(2)11(7)12(14)13-10(15)3-4-17-13/h3-6,12H,1-2H3. The molecule has 0 fully saturated rings. The van der Waals surface area contributed by atoms with Gasteiger partial charge in [-0.3, -0.25) is 0 Å². The number of rotatable bonds is 2. The Bertz CT molecular complexity index is 527. The summed E-state index contributed by atoms with van der Waals surface area (Å²) < 4.78 is 13.3. The zero-order valence-electron chi connectivity index (χ0n) is 9.43. The van der Waals surface area contributed by atoms with E-state index in [-0.39, 0.29) is 10.6 Å². The van der Waals surface area contributed by atoms with Gasteiger partial charge in [-0.25, -0.2) is 4.39 Å². The monoisotopic (exact) mass is 332 g/mol. The van der Waals surface area contributed by atoms with Crippen molar-refractivity contribution in [2.24, 2.45) is 0 Å². The van der Waals surface area contributed by atoms with Crippen molar-refractivity contribution < 1.29 is 4.39 Å². The van der Waals surface area contributed by atoms with E-state index < -0.39 is 0 Å². The maximum Gasteiger partial charge on any atom is 0.123 e. The summed E-state index contributed by atoms with van der Waals surface area (Å²) in [7, 11) is 0. The number of hydrogen-bond donors (Lipinski definition) is 0. The summed E-state index contributed by atoms with van der Waals surface area (Å²) in [6.45, 7) is 3.84. The molecule has 0 radical (unpaired) electrons. The summed E-state index contributed by atoms with van der Waals surface area (Å²) in [6.07, 6.45) is 0. The van der Waals surface area contributed by atoms with Gasteiger partial charge >= 0.3 is 0 Å². The van der Waals surface area contributed by atoms with Gasteiger partial charge in [0.1, 0.15) is 5.82 Å². The lowest BCUT2D eigenvalue weighted by Gasteiger charge is -2.15. The van der Waals surface area contributed by atoms with E-state index in [0.717, 1.165) is 26.6 Å². The molecule has 0 bridgehead atoms. The molecule has 0 saturated carbocycles. The fourth-order valence-electron chi connectivity index (χ4n) is 1.94. The smallest absolute Gasteiger partial charge is 0.123 e. The van der Waals surface area contributed by atoms with Crippen LogP contribution < -0.4 is 0 Å². The molecule has 17 heavy (non-hydrogen) atoms. The average molecular weight is 334 g/mol. The summed E-state index contributed by atoms with van der Waals surface area (Å²) in [5, 5.41) is 2.71. The second-order valence-electron chi connectivity index (χ2n) is 3.95. The Hall–Kier alpha value is -0.380. The number of hydrogen-bond acceptors (Lipinski definition) is 1. The molecule has 1 aromatic heterocycles. The van der Waals surface area contributed by atoms with Gasteiger partial charge in [-0.1, -0.05) is 27.5 Å². The summed E-state index contributed by atoms with van der Waals surface area (Å²) in [5.74, 6) is -0.194. The van der Waals surface area contributed by atoms with Gasteiger partial charge in [0.15, 0.2) is 0 Å². The van der Waals surface area contributed by atoms with Crippen LogP contribution in [0.5, 0.6) is 0 Å². The molecule has 2 aromatic rings. The van der Waals surface area contributed by atoms with Gasteiger partial charge in [0.25, 0.3) is 0 Å². The highest BCUT2D eigenvalue weighted by molar-refractivity contribution is 9.09. The van der Waals surface area contributed by atoms with Crippen molar-refractivity contribution in [1.29, 1.82) is 0 Å². The third-order valence-corrected chi connectivity index (χ3v) is 5.33. The minimum atomic E-state index is -0.194. The van der Waals surface area contributed by atoms with E-state index in [2.05, 4.69) is 15.9 Å². The molecule has 4 heteroatoms. The van der Waals surface area contributed by atoms with Gasteiger partial charge in [-0.05, 0) is 54.1 Å². The highest BCUT2D eigenvalue weighted by atomic mass is 79.9. The second-order valence-corrected chi connectivity index (χ2v) is 6.22. The van der Waals surface area contributed by atoms with E-state index in [9.17, 15) is 4.39 Å². The van der Waals surface area contributed by atoms with Crippen molar-refractivity contribution in [1.82, 2.24) is 0 Å². The summed E-state index contributed by atoms with van der Waals surface area (Å²) >= 11 is 11.4. The number of alkyl halides is 1. The van der Waals surface area contributed by atoms with Crippen LogP contribution in [0, 0.1) is 19.7 Å². The lowest BCUT2D eigenvalue weighted by molar-refractivity contribution is 0.624. The molecule has 1 aromatic carbocycles. The molecule has 0 aliphatic rings. The summed E-state index contributed by atoms with van der Waals surface area (Å²) in [5.41, 5.74) is 2.97. The van der Waals surface area contributed by atoms with E-state index in [1.807, 2.05) is 25.3 Å². The van der Waals surface area contributed by atoms with Crippen LogP contribution in [0.2, 0.25) is 5.02 Å². The van der Waals surface area contributed by atoms with Gasteiger partial charge in [-0.15, -0.1) is 11.3 Å². The number of benzene rings is 1. The molecule has 0 amide bonds. The Morgan fingerprint density at radius 3 is 2.35 bits per heavy atom. The molecular formula is C13H11BrClFS. The zero-order chi connectivity index (χ0) is 12.6. The van der Waals surface area contributed by atoms with Gasteiger partial charge in [-0.2, -0.15) is 0 Å². The van der Waals surface area contributed by atoms with Crippen LogP contribution in [0.3, 0.4) is 0 Å². The fourth-order valence-corrected chi connectivity index (χ4v) is 4.51. The molecule has 1 heterocycles. The quantitative estimate of drug-likeness (QED) is 0.624. The van der Waals surface area contributed by atoms with Crippen LogP contribution in [0.4, 0.5) is 4.39 Å². The molecule has 2 rings (SSSR count). The first-order chi connectivity index (χ1) is 8.00. The lowest BCUT2D eigenvalue weighted by Crippen LogP contribution is -1.99. The van der Waals surface area contributed by atoms with Crippen molar-refractivity contribution >= 4 is 38.9 Å². The molecule has 0 aliphatic heterocycles. The highest BCUT2D eigenvalue weighted by Crippen LogP contribution is 2.41. The van der Waals surface area contributed by atoms with Gasteiger partial charge in [0, 0.05) is 4.88 Å². The first-order valence-electron chi connectivity index (χ1n) is 5.14. The van der Waals surface area contributed by atoms with Gasteiger partial charge in [0.05, 0.1) is 9.85 Å². The minimum absolute atomic E-state index is 0.0237. The molecular weight excluding hydrogens is 323 g/mol. The average Bonchev–Trinajstić information content (AvgIpc) is 2.62. The molecule has 0 nitrogen and oxygen atoms in total. The topological polar surface area (TPSA) is 0 Å². The molecule has 0 saturated heterocycles. The Morgan fingerprint density at radius 2 is 1.88 bits per heavy atom. The Morgan fingerprint density at radius 1 is 1.29 bits per heavy atom. The van der Waals surface area contributed by atoms with E-state index >= 15 is 0 Å². The normalized spacial score (nSPS) is 12.8. The summed E-state index contributed by atoms with van der Waals surface area (Å²) in [6, 6.07) is 4.99. The molecule has 1 atom stereocenters. The molecule has 1 unspecified atom stereocenters. The van der Waals surface area contributed by atoms with Crippen molar-refractivity contribution in [3.63, 3.8) is 0 Å². The Labute approximate surface area is 118 Å². The maximum absolute atomic E-state index is 13.3. The van der Waals surface area contributed by atoms with Crippen LogP contribution >= 0.6 is 38.9 Å². The fraction of sp³-hybridized carbons (Fsp3) is 0.231. The first-order valence-corrected chi connectivity index (χ1v) is 7.31.